The average molecular weight is 224 g/mol. The summed E-state index contributed by atoms with van der Waals surface area (Å²) in [5.74, 6) is 0.257. The van der Waals surface area contributed by atoms with Gasteiger partial charge in [-0.05, 0) is 34.1 Å². The van der Waals surface area contributed by atoms with Crippen LogP contribution in [-0.2, 0) is 4.74 Å². The molecular formula is C11H20N4O. The maximum atomic E-state index is 6.24. The lowest BCUT2D eigenvalue weighted by Crippen LogP contribution is -2.36. The number of H-pyrrole nitrogens is 1. The molecule has 90 valence electrons. The highest BCUT2D eigenvalue weighted by atomic mass is 16.5. The largest absolute Gasteiger partial charge is 0.369 e. The first kappa shape index (κ1) is 11.5. The molecule has 1 aromatic heterocycles. The zero-order valence-corrected chi connectivity index (χ0v) is 10.3. The molecule has 1 aromatic rings. The second-order valence-corrected chi connectivity index (χ2v) is 5.70. The van der Waals surface area contributed by atoms with E-state index in [2.05, 4.69) is 43.1 Å². The molecule has 3 N–H and O–H groups in total. The normalized spacial score (nSPS) is 29.2. The number of rotatable bonds is 2. The summed E-state index contributed by atoms with van der Waals surface area (Å²) in [5.41, 5.74) is 6.71. The van der Waals surface area contributed by atoms with Gasteiger partial charge in [-0.2, -0.15) is 15.4 Å². The van der Waals surface area contributed by atoms with Crippen molar-refractivity contribution in [2.45, 2.75) is 51.4 Å². The molecule has 2 unspecified atom stereocenters. The van der Waals surface area contributed by atoms with Gasteiger partial charge in [0.1, 0.15) is 0 Å². The second-order valence-electron chi connectivity index (χ2n) is 5.70. The zero-order chi connectivity index (χ0) is 12.0. The summed E-state index contributed by atoms with van der Waals surface area (Å²) in [6.07, 6.45) is 2.63. The predicted molar refractivity (Wildman–Crippen MR) is 60.7 cm³/mol. The van der Waals surface area contributed by atoms with Crippen molar-refractivity contribution in [1.29, 1.82) is 0 Å². The second kappa shape index (κ2) is 3.53. The van der Waals surface area contributed by atoms with Crippen molar-refractivity contribution in [3.8, 4) is 0 Å². The molecule has 0 spiro atoms. The molecule has 5 heteroatoms. The number of hydrogen-bond donors (Lipinski definition) is 2. The van der Waals surface area contributed by atoms with Crippen molar-refractivity contribution in [1.82, 2.24) is 15.4 Å². The van der Waals surface area contributed by atoms with Gasteiger partial charge in [-0.3, -0.25) is 0 Å². The Balaban J connectivity index is 2.22. The first-order chi connectivity index (χ1) is 7.32. The minimum absolute atomic E-state index is 0.116. The van der Waals surface area contributed by atoms with E-state index in [0.29, 0.717) is 0 Å². The molecule has 0 aliphatic carbocycles. The number of hydrogen-bond acceptors (Lipinski definition) is 4. The van der Waals surface area contributed by atoms with Crippen molar-refractivity contribution < 1.29 is 4.74 Å². The van der Waals surface area contributed by atoms with Gasteiger partial charge < -0.3 is 10.5 Å². The quantitative estimate of drug-likeness (QED) is 0.796. The molecule has 5 nitrogen and oxygen atoms in total. The minimum Gasteiger partial charge on any atom is -0.369 e. The summed E-state index contributed by atoms with van der Waals surface area (Å²) in [5, 5.41) is 10.5. The van der Waals surface area contributed by atoms with Gasteiger partial charge in [0.15, 0.2) is 0 Å². The third-order valence-corrected chi connectivity index (χ3v) is 3.35. The van der Waals surface area contributed by atoms with Crippen molar-refractivity contribution >= 4 is 0 Å². The molecule has 16 heavy (non-hydrogen) atoms. The summed E-state index contributed by atoms with van der Waals surface area (Å²) in [4.78, 5) is 0. The number of nitrogens with two attached hydrogens (primary N) is 1. The summed E-state index contributed by atoms with van der Waals surface area (Å²) in [7, 11) is 0. The molecule has 1 saturated heterocycles. The number of nitrogens with zero attached hydrogens (tertiary/aromatic N) is 2. The fraction of sp³-hybridized carbons (Fsp3) is 0.818. The fourth-order valence-corrected chi connectivity index (χ4v) is 2.74. The van der Waals surface area contributed by atoms with Crippen LogP contribution in [0.2, 0.25) is 0 Å². The van der Waals surface area contributed by atoms with Crippen molar-refractivity contribution in [3.05, 3.63) is 11.9 Å². The number of nitrogens with one attached hydrogen (secondary N) is 1. The van der Waals surface area contributed by atoms with Crippen LogP contribution < -0.4 is 5.73 Å². The van der Waals surface area contributed by atoms with Gasteiger partial charge in [-0.25, -0.2) is 0 Å². The lowest BCUT2D eigenvalue weighted by Gasteiger charge is -2.30. The summed E-state index contributed by atoms with van der Waals surface area (Å²) in [6, 6.07) is -0.129. The molecule has 0 saturated carbocycles. The molecule has 2 atom stereocenters. The Bertz CT molecular complexity index is 358. The van der Waals surface area contributed by atoms with Gasteiger partial charge in [-0.15, -0.1) is 0 Å². The van der Waals surface area contributed by atoms with E-state index < -0.39 is 0 Å². The number of ether oxygens (including phenoxy) is 1. The maximum Gasteiger partial charge on any atom is 0.0995 e. The summed E-state index contributed by atoms with van der Waals surface area (Å²) < 4.78 is 6.03. The highest BCUT2D eigenvalue weighted by Gasteiger charge is 2.48. The standard InChI is InChI=1S/C11H20N4O/c1-10(2)5-7(11(3,4)16-10)9(12)8-6-13-15-14-8/h6-7,9H,5,12H2,1-4H3,(H,13,14,15). The highest BCUT2D eigenvalue weighted by Crippen LogP contribution is 2.46. The Morgan fingerprint density at radius 2 is 2.19 bits per heavy atom. The first-order valence-corrected chi connectivity index (χ1v) is 5.63. The molecule has 1 fully saturated rings. The maximum absolute atomic E-state index is 6.24. The highest BCUT2D eigenvalue weighted by molar-refractivity contribution is 5.08. The number of aromatic nitrogens is 3. The van der Waals surface area contributed by atoms with Gasteiger partial charge in [0.2, 0.25) is 0 Å². The van der Waals surface area contributed by atoms with E-state index >= 15 is 0 Å². The molecule has 0 radical (unpaired) electrons. The van der Waals surface area contributed by atoms with Crippen LogP contribution in [0.3, 0.4) is 0 Å². The van der Waals surface area contributed by atoms with Crippen LogP contribution in [0.1, 0.15) is 45.9 Å². The van der Waals surface area contributed by atoms with E-state index in [9.17, 15) is 0 Å². The first-order valence-electron chi connectivity index (χ1n) is 5.63. The van der Waals surface area contributed by atoms with Crippen LogP contribution in [0.15, 0.2) is 6.20 Å². The van der Waals surface area contributed by atoms with Gasteiger partial charge >= 0.3 is 0 Å². The Kier molecular flexibility index (Phi) is 2.55. The molecule has 0 amide bonds. The van der Waals surface area contributed by atoms with Gasteiger partial charge in [0.25, 0.3) is 0 Å². The molecule has 1 aliphatic rings. The lowest BCUT2D eigenvalue weighted by molar-refractivity contribution is -0.0768. The van der Waals surface area contributed by atoms with E-state index in [0.717, 1.165) is 12.1 Å². The van der Waals surface area contributed by atoms with Crippen LogP contribution in [-0.4, -0.2) is 26.6 Å². The van der Waals surface area contributed by atoms with E-state index in [1.165, 1.54) is 0 Å². The van der Waals surface area contributed by atoms with Crippen LogP contribution >= 0.6 is 0 Å². The summed E-state index contributed by atoms with van der Waals surface area (Å²) >= 11 is 0. The SMILES string of the molecule is CC1(C)CC(C(N)c2cn[nH]n2)C(C)(C)O1. The van der Waals surface area contributed by atoms with Gasteiger partial charge in [0.05, 0.1) is 29.1 Å². The van der Waals surface area contributed by atoms with Gasteiger partial charge in [0, 0.05) is 5.92 Å². The molecule has 0 aromatic carbocycles. The lowest BCUT2D eigenvalue weighted by atomic mass is 9.81. The monoisotopic (exact) mass is 224 g/mol. The van der Waals surface area contributed by atoms with Crippen LogP contribution in [0.25, 0.3) is 0 Å². The van der Waals surface area contributed by atoms with Gasteiger partial charge in [-0.1, -0.05) is 0 Å². The molecule has 2 heterocycles. The predicted octanol–water partition coefficient (Wildman–Crippen LogP) is 1.40. The smallest absolute Gasteiger partial charge is 0.0995 e. The fourth-order valence-electron chi connectivity index (χ4n) is 2.74. The Morgan fingerprint density at radius 1 is 1.50 bits per heavy atom. The summed E-state index contributed by atoms with van der Waals surface area (Å²) in [6.45, 7) is 8.38. The van der Waals surface area contributed by atoms with E-state index in [1.54, 1.807) is 6.20 Å². The minimum atomic E-state index is -0.220. The van der Waals surface area contributed by atoms with E-state index in [-0.39, 0.29) is 23.2 Å². The Morgan fingerprint density at radius 3 is 2.62 bits per heavy atom. The Labute approximate surface area is 95.7 Å². The number of aromatic amines is 1. The van der Waals surface area contributed by atoms with Crippen molar-refractivity contribution in [2.75, 3.05) is 0 Å². The average Bonchev–Trinajstić information content (AvgIpc) is 2.69. The van der Waals surface area contributed by atoms with Crippen molar-refractivity contribution in [2.24, 2.45) is 11.7 Å². The zero-order valence-electron chi connectivity index (χ0n) is 10.3. The topological polar surface area (TPSA) is 76.8 Å². The molecule has 1 aliphatic heterocycles. The third kappa shape index (κ3) is 1.97. The molecule has 0 bridgehead atoms. The van der Waals surface area contributed by atoms with E-state index in [4.69, 9.17) is 10.5 Å². The van der Waals surface area contributed by atoms with E-state index in [1.807, 2.05) is 0 Å². The third-order valence-electron chi connectivity index (χ3n) is 3.35. The Hall–Kier alpha value is -0.940. The van der Waals surface area contributed by atoms with Crippen molar-refractivity contribution in [3.63, 3.8) is 0 Å². The van der Waals surface area contributed by atoms with Crippen LogP contribution in [0, 0.1) is 5.92 Å². The van der Waals surface area contributed by atoms with Crippen LogP contribution in [0.5, 0.6) is 0 Å². The molecule has 2 rings (SSSR count). The van der Waals surface area contributed by atoms with Crippen LogP contribution in [0.4, 0.5) is 0 Å². The molecular weight excluding hydrogens is 204 g/mol.